The lowest BCUT2D eigenvalue weighted by molar-refractivity contribution is 0.174. The summed E-state index contributed by atoms with van der Waals surface area (Å²) in [5.41, 5.74) is 1.76. The van der Waals surface area contributed by atoms with Gasteiger partial charge in [0.2, 0.25) is 0 Å². The molecule has 1 atom stereocenters. The maximum absolute atomic E-state index is 10.1. The smallest absolute Gasteiger partial charge is 0.119 e. The average molecular weight is 332 g/mol. The zero-order chi connectivity index (χ0) is 14.5. The lowest BCUT2D eigenvalue weighted by Crippen LogP contribution is -2.21. The highest BCUT2D eigenvalue weighted by Crippen LogP contribution is 2.31. The molecule has 1 unspecified atom stereocenters. The molecule has 0 amide bonds. The molecule has 0 saturated heterocycles. The van der Waals surface area contributed by atoms with Gasteiger partial charge in [0.05, 0.1) is 21.9 Å². The maximum atomic E-state index is 10.1. The number of aliphatic hydroxyl groups is 1. The number of hydrogen-bond donors (Lipinski definition) is 2. The molecule has 108 valence electrons. The molecule has 1 aromatic carbocycles. The summed E-state index contributed by atoms with van der Waals surface area (Å²) in [4.78, 5) is 0. The van der Waals surface area contributed by atoms with Crippen LogP contribution >= 0.6 is 34.5 Å². The minimum absolute atomic E-state index is 0.428. The third-order valence-corrected chi connectivity index (χ3v) is 4.43. The number of nitrogens with one attached hydrogen (secondary N) is 1. The number of thiophene rings is 1. The number of rotatable bonds is 6. The summed E-state index contributed by atoms with van der Waals surface area (Å²) in [5.74, 6) is 0.731. The monoisotopic (exact) mass is 331 g/mol. The van der Waals surface area contributed by atoms with E-state index in [1.165, 1.54) is 11.3 Å². The van der Waals surface area contributed by atoms with Crippen molar-refractivity contribution in [1.82, 2.24) is 5.32 Å². The van der Waals surface area contributed by atoms with Crippen molar-refractivity contribution < 1.29 is 9.84 Å². The normalized spacial score (nSPS) is 12.4. The summed E-state index contributed by atoms with van der Waals surface area (Å²) >= 11 is 13.3. The van der Waals surface area contributed by atoms with Crippen LogP contribution in [-0.4, -0.2) is 18.8 Å². The standard InChI is InChI=1S/C14H15Cl2NO2S/c1-19-11-4-2-3-9(5-11)12(18)8-17-7-10-6-13(15)20-14(10)16/h2-6,12,17-18H,7-8H2,1H3. The number of methoxy groups -OCH3 is 1. The summed E-state index contributed by atoms with van der Waals surface area (Å²) in [6, 6.07) is 9.22. The minimum atomic E-state index is -0.599. The van der Waals surface area contributed by atoms with E-state index in [0.29, 0.717) is 21.8 Å². The van der Waals surface area contributed by atoms with Gasteiger partial charge in [0, 0.05) is 13.1 Å². The second-order valence-electron chi connectivity index (χ2n) is 4.27. The van der Waals surface area contributed by atoms with Gasteiger partial charge in [-0.2, -0.15) is 0 Å². The fraction of sp³-hybridized carbons (Fsp3) is 0.286. The molecular weight excluding hydrogens is 317 g/mol. The van der Waals surface area contributed by atoms with Gasteiger partial charge in [-0.1, -0.05) is 35.3 Å². The molecule has 0 saturated carbocycles. The van der Waals surface area contributed by atoms with E-state index in [0.717, 1.165) is 16.9 Å². The van der Waals surface area contributed by atoms with Crippen molar-refractivity contribution in [2.24, 2.45) is 0 Å². The van der Waals surface area contributed by atoms with Crippen molar-refractivity contribution in [2.75, 3.05) is 13.7 Å². The molecule has 2 aromatic rings. The number of aliphatic hydroxyl groups excluding tert-OH is 1. The van der Waals surface area contributed by atoms with Gasteiger partial charge in [-0.3, -0.25) is 0 Å². The van der Waals surface area contributed by atoms with Gasteiger partial charge in [0.1, 0.15) is 5.75 Å². The van der Waals surface area contributed by atoms with E-state index in [9.17, 15) is 5.11 Å². The summed E-state index contributed by atoms with van der Waals surface area (Å²) in [6.45, 7) is 1.00. The molecule has 0 aliphatic rings. The zero-order valence-electron chi connectivity index (χ0n) is 10.9. The van der Waals surface area contributed by atoms with Gasteiger partial charge in [-0.25, -0.2) is 0 Å². The van der Waals surface area contributed by atoms with Crippen LogP contribution < -0.4 is 10.1 Å². The first-order chi connectivity index (χ1) is 9.60. The molecule has 0 radical (unpaired) electrons. The van der Waals surface area contributed by atoms with Crippen molar-refractivity contribution >= 4 is 34.5 Å². The molecule has 1 heterocycles. The highest BCUT2D eigenvalue weighted by atomic mass is 35.5. The van der Waals surface area contributed by atoms with Gasteiger partial charge >= 0.3 is 0 Å². The lowest BCUT2D eigenvalue weighted by Gasteiger charge is -2.13. The quantitative estimate of drug-likeness (QED) is 0.843. The van der Waals surface area contributed by atoms with E-state index < -0.39 is 6.10 Å². The largest absolute Gasteiger partial charge is 0.497 e. The highest BCUT2D eigenvalue weighted by Gasteiger charge is 2.10. The maximum Gasteiger partial charge on any atom is 0.119 e. The van der Waals surface area contributed by atoms with Crippen LogP contribution in [0, 0.1) is 0 Å². The van der Waals surface area contributed by atoms with Crippen molar-refractivity contribution in [3.05, 3.63) is 50.1 Å². The van der Waals surface area contributed by atoms with E-state index in [1.54, 1.807) is 7.11 Å². The first-order valence-corrected chi connectivity index (χ1v) is 7.64. The van der Waals surface area contributed by atoms with Crippen LogP contribution in [0.25, 0.3) is 0 Å². The minimum Gasteiger partial charge on any atom is -0.497 e. The Morgan fingerprint density at radius 2 is 2.15 bits per heavy atom. The molecule has 2 rings (SSSR count). The number of halogens is 2. The Morgan fingerprint density at radius 1 is 1.35 bits per heavy atom. The topological polar surface area (TPSA) is 41.5 Å². The van der Waals surface area contributed by atoms with Crippen LogP contribution in [0.3, 0.4) is 0 Å². The molecule has 6 heteroatoms. The lowest BCUT2D eigenvalue weighted by atomic mass is 10.1. The molecule has 0 fully saturated rings. The van der Waals surface area contributed by atoms with Gasteiger partial charge in [-0.05, 0) is 29.3 Å². The fourth-order valence-corrected chi connectivity index (χ4v) is 3.29. The first-order valence-electron chi connectivity index (χ1n) is 6.06. The second kappa shape index (κ2) is 7.29. The molecule has 2 N–H and O–H groups in total. The summed E-state index contributed by atoms with van der Waals surface area (Å²) < 4.78 is 6.48. The van der Waals surface area contributed by atoms with Crippen molar-refractivity contribution in [3.63, 3.8) is 0 Å². The average Bonchev–Trinajstić information content (AvgIpc) is 2.77. The fourth-order valence-electron chi connectivity index (χ4n) is 1.81. The number of hydrogen-bond acceptors (Lipinski definition) is 4. The zero-order valence-corrected chi connectivity index (χ0v) is 13.2. The van der Waals surface area contributed by atoms with Gasteiger partial charge in [0.25, 0.3) is 0 Å². The molecule has 0 aliphatic carbocycles. The van der Waals surface area contributed by atoms with Crippen molar-refractivity contribution in [3.8, 4) is 5.75 Å². The molecular formula is C14H15Cl2NO2S. The Labute approximate surface area is 132 Å². The summed E-state index contributed by atoms with van der Waals surface area (Å²) in [6.07, 6.45) is -0.599. The molecule has 0 bridgehead atoms. The van der Waals surface area contributed by atoms with E-state index >= 15 is 0 Å². The molecule has 3 nitrogen and oxygen atoms in total. The molecule has 20 heavy (non-hydrogen) atoms. The molecule has 0 spiro atoms. The SMILES string of the molecule is COc1cccc(C(O)CNCc2cc(Cl)sc2Cl)c1. The van der Waals surface area contributed by atoms with Crippen LogP contribution in [0.5, 0.6) is 5.75 Å². The Bertz CT molecular complexity index is 574. The Hall–Kier alpha value is -0.780. The molecule has 0 aliphatic heterocycles. The summed E-state index contributed by atoms with van der Waals surface area (Å²) in [7, 11) is 1.60. The number of ether oxygens (including phenoxy) is 1. The Morgan fingerprint density at radius 3 is 2.80 bits per heavy atom. The van der Waals surface area contributed by atoms with Crippen LogP contribution in [0.1, 0.15) is 17.2 Å². The molecule has 1 aromatic heterocycles. The van der Waals surface area contributed by atoms with Crippen LogP contribution in [0.4, 0.5) is 0 Å². The van der Waals surface area contributed by atoms with Crippen molar-refractivity contribution in [2.45, 2.75) is 12.6 Å². The van der Waals surface area contributed by atoms with E-state index in [1.807, 2.05) is 30.3 Å². The number of benzene rings is 1. The third kappa shape index (κ3) is 4.11. The van der Waals surface area contributed by atoms with Crippen LogP contribution in [-0.2, 0) is 6.54 Å². The van der Waals surface area contributed by atoms with E-state index in [4.69, 9.17) is 27.9 Å². The predicted octanol–water partition coefficient (Wildman–Crippen LogP) is 3.89. The Kier molecular flexibility index (Phi) is 5.69. The van der Waals surface area contributed by atoms with Gasteiger partial charge in [0.15, 0.2) is 0 Å². The van der Waals surface area contributed by atoms with Crippen LogP contribution in [0.2, 0.25) is 8.67 Å². The third-order valence-electron chi connectivity index (χ3n) is 2.86. The van der Waals surface area contributed by atoms with E-state index in [-0.39, 0.29) is 0 Å². The Balaban J connectivity index is 1.88. The van der Waals surface area contributed by atoms with Crippen molar-refractivity contribution in [1.29, 1.82) is 0 Å². The van der Waals surface area contributed by atoms with Crippen LogP contribution in [0.15, 0.2) is 30.3 Å². The van der Waals surface area contributed by atoms with E-state index in [2.05, 4.69) is 5.32 Å². The first kappa shape index (κ1) is 15.6. The highest BCUT2D eigenvalue weighted by molar-refractivity contribution is 7.20. The second-order valence-corrected chi connectivity index (χ2v) is 6.56. The van der Waals surface area contributed by atoms with Gasteiger partial charge in [-0.15, -0.1) is 11.3 Å². The predicted molar refractivity (Wildman–Crippen MR) is 84.0 cm³/mol. The summed E-state index contributed by atoms with van der Waals surface area (Å²) in [5, 5.41) is 13.3. The van der Waals surface area contributed by atoms with Gasteiger partial charge < -0.3 is 15.2 Å².